The monoisotopic (exact) mass is 414 g/mol. The number of nitrogens with zero attached hydrogens (tertiary/aromatic N) is 1. The molecular weight excluding hydrogens is 400 g/mol. The molecule has 6 heteroatoms. The number of Topliss-reactive ketones (excluding diaryl/α,β-unsaturated/α-hetero) is 1. The van der Waals surface area contributed by atoms with Crippen LogP contribution in [0.1, 0.15) is 23.2 Å². The molecule has 1 amide bonds. The molecule has 3 aromatic rings. The van der Waals surface area contributed by atoms with Crippen LogP contribution >= 0.6 is 27.3 Å². The number of thiazole rings is 1. The average Bonchev–Trinajstić information content (AvgIpc) is 3.15. The van der Waals surface area contributed by atoms with E-state index in [2.05, 4.69) is 26.2 Å². The first-order chi connectivity index (χ1) is 12.1. The standard InChI is InChI=1S/C19H15BrN2O2S/c20-15-5-1-13(2-6-15)17(23)9-10-18(24)22-16-7-3-14(4-8-16)19-21-11-12-25-19/h1-8,11-12H,9-10H2,(H,22,24). The van der Waals surface area contributed by atoms with Crippen molar-refractivity contribution in [1.82, 2.24) is 4.98 Å². The largest absolute Gasteiger partial charge is 0.326 e. The highest BCUT2D eigenvalue weighted by Gasteiger charge is 2.10. The van der Waals surface area contributed by atoms with Gasteiger partial charge < -0.3 is 5.32 Å². The van der Waals surface area contributed by atoms with Gasteiger partial charge in [-0.15, -0.1) is 11.3 Å². The Morgan fingerprint density at radius 2 is 1.72 bits per heavy atom. The van der Waals surface area contributed by atoms with Gasteiger partial charge in [-0.1, -0.05) is 28.1 Å². The van der Waals surface area contributed by atoms with Crippen molar-refractivity contribution < 1.29 is 9.59 Å². The van der Waals surface area contributed by atoms with Crippen molar-refractivity contribution in [3.63, 3.8) is 0 Å². The molecule has 4 nitrogen and oxygen atoms in total. The minimum absolute atomic E-state index is 0.0400. The molecule has 1 heterocycles. The Morgan fingerprint density at radius 3 is 2.36 bits per heavy atom. The van der Waals surface area contributed by atoms with Crippen molar-refractivity contribution in [3.05, 3.63) is 70.1 Å². The van der Waals surface area contributed by atoms with E-state index in [0.717, 1.165) is 15.0 Å². The van der Waals surface area contributed by atoms with E-state index >= 15 is 0 Å². The Balaban J connectivity index is 1.52. The van der Waals surface area contributed by atoms with E-state index in [9.17, 15) is 9.59 Å². The quantitative estimate of drug-likeness (QED) is 0.565. The van der Waals surface area contributed by atoms with Gasteiger partial charge in [0.25, 0.3) is 0 Å². The number of amides is 1. The van der Waals surface area contributed by atoms with Gasteiger partial charge in [0.1, 0.15) is 5.01 Å². The Hall–Kier alpha value is -2.31. The third-order valence-electron chi connectivity index (χ3n) is 3.59. The van der Waals surface area contributed by atoms with Gasteiger partial charge in [-0.3, -0.25) is 9.59 Å². The normalized spacial score (nSPS) is 10.4. The molecule has 0 aliphatic rings. The van der Waals surface area contributed by atoms with Crippen LogP contribution in [0.4, 0.5) is 5.69 Å². The van der Waals surface area contributed by atoms with Gasteiger partial charge in [0.2, 0.25) is 5.91 Å². The molecular formula is C19H15BrN2O2S. The second kappa shape index (κ2) is 8.18. The lowest BCUT2D eigenvalue weighted by Gasteiger charge is -2.06. The molecule has 0 bridgehead atoms. The zero-order valence-electron chi connectivity index (χ0n) is 13.2. The average molecular weight is 415 g/mol. The second-order valence-corrected chi connectivity index (χ2v) is 7.20. The van der Waals surface area contributed by atoms with Crippen molar-refractivity contribution in [1.29, 1.82) is 0 Å². The third-order valence-corrected chi connectivity index (χ3v) is 4.94. The number of aromatic nitrogens is 1. The minimum Gasteiger partial charge on any atom is -0.326 e. The zero-order chi connectivity index (χ0) is 17.6. The molecule has 126 valence electrons. The van der Waals surface area contributed by atoms with Crippen LogP contribution in [-0.4, -0.2) is 16.7 Å². The lowest BCUT2D eigenvalue weighted by molar-refractivity contribution is -0.116. The van der Waals surface area contributed by atoms with Crippen LogP contribution < -0.4 is 5.32 Å². The van der Waals surface area contributed by atoms with Gasteiger partial charge in [-0.25, -0.2) is 4.98 Å². The van der Waals surface area contributed by atoms with Crippen LogP contribution in [0.3, 0.4) is 0 Å². The first kappa shape index (κ1) is 17.5. The lowest BCUT2D eigenvalue weighted by Crippen LogP contribution is -2.13. The summed E-state index contributed by atoms with van der Waals surface area (Å²) in [5.41, 5.74) is 2.34. The number of rotatable bonds is 6. The second-order valence-electron chi connectivity index (χ2n) is 5.39. The van der Waals surface area contributed by atoms with Gasteiger partial charge in [-0.05, 0) is 36.4 Å². The summed E-state index contributed by atoms with van der Waals surface area (Å²) in [4.78, 5) is 28.4. The van der Waals surface area contributed by atoms with Crippen LogP contribution in [0.25, 0.3) is 10.6 Å². The molecule has 0 atom stereocenters. The molecule has 1 aromatic heterocycles. The molecule has 0 saturated heterocycles. The lowest BCUT2D eigenvalue weighted by atomic mass is 10.1. The molecule has 0 unspecified atom stereocenters. The third kappa shape index (κ3) is 4.84. The SMILES string of the molecule is O=C(CCC(=O)c1ccc(Br)cc1)Nc1ccc(-c2nccs2)cc1. The number of halogens is 1. The van der Waals surface area contributed by atoms with Crippen molar-refractivity contribution >= 4 is 44.6 Å². The van der Waals surface area contributed by atoms with E-state index in [4.69, 9.17) is 0 Å². The number of hydrogen-bond donors (Lipinski definition) is 1. The highest BCUT2D eigenvalue weighted by atomic mass is 79.9. The first-order valence-corrected chi connectivity index (χ1v) is 9.37. The number of anilines is 1. The predicted octanol–water partition coefficient (Wildman–Crippen LogP) is 5.17. The fraction of sp³-hybridized carbons (Fsp3) is 0.105. The highest BCUT2D eigenvalue weighted by Crippen LogP contribution is 2.23. The number of carbonyl (C=O) groups excluding carboxylic acids is 2. The fourth-order valence-corrected chi connectivity index (χ4v) is 3.20. The van der Waals surface area contributed by atoms with E-state index in [-0.39, 0.29) is 24.5 Å². The molecule has 3 rings (SSSR count). The molecule has 0 fully saturated rings. The van der Waals surface area contributed by atoms with Crippen LogP contribution in [0.2, 0.25) is 0 Å². The zero-order valence-corrected chi connectivity index (χ0v) is 15.6. The maximum absolute atomic E-state index is 12.1. The minimum atomic E-state index is -0.174. The topological polar surface area (TPSA) is 59.1 Å². The molecule has 25 heavy (non-hydrogen) atoms. The Bertz CT molecular complexity index is 859. The van der Waals surface area contributed by atoms with Crippen molar-refractivity contribution in [3.8, 4) is 10.6 Å². The fourth-order valence-electron chi connectivity index (χ4n) is 2.29. The smallest absolute Gasteiger partial charge is 0.224 e. The van der Waals surface area contributed by atoms with Gasteiger partial charge in [0, 0.05) is 45.7 Å². The maximum Gasteiger partial charge on any atom is 0.224 e. The number of benzene rings is 2. The Labute approximate surface area is 158 Å². The summed E-state index contributed by atoms with van der Waals surface area (Å²) in [6.45, 7) is 0. The summed E-state index contributed by atoms with van der Waals surface area (Å²) >= 11 is 4.90. The summed E-state index contributed by atoms with van der Waals surface area (Å²) in [7, 11) is 0. The number of carbonyl (C=O) groups is 2. The number of ketones is 1. The van der Waals surface area contributed by atoms with Crippen molar-refractivity contribution in [2.24, 2.45) is 0 Å². The first-order valence-electron chi connectivity index (χ1n) is 7.70. The van der Waals surface area contributed by atoms with Crippen LogP contribution in [-0.2, 0) is 4.79 Å². The number of hydrogen-bond acceptors (Lipinski definition) is 4. The van der Waals surface area contributed by atoms with Gasteiger partial charge in [0.15, 0.2) is 5.78 Å². The predicted molar refractivity (Wildman–Crippen MR) is 104 cm³/mol. The van der Waals surface area contributed by atoms with Gasteiger partial charge >= 0.3 is 0 Å². The van der Waals surface area contributed by atoms with E-state index in [0.29, 0.717) is 11.3 Å². The number of nitrogens with one attached hydrogen (secondary N) is 1. The molecule has 0 radical (unpaired) electrons. The van der Waals surface area contributed by atoms with E-state index < -0.39 is 0 Å². The molecule has 0 spiro atoms. The van der Waals surface area contributed by atoms with Gasteiger partial charge in [-0.2, -0.15) is 0 Å². The van der Waals surface area contributed by atoms with Crippen LogP contribution in [0, 0.1) is 0 Å². The summed E-state index contributed by atoms with van der Waals surface area (Å²) < 4.78 is 0.919. The van der Waals surface area contributed by atoms with Crippen molar-refractivity contribution in [2.75, 3.05) is 5.32 Å². The van der Waals surface area contributed by atoms with Crippen molar-refractivity contribution in [2.45, 2.75) is 12.8 Å². The summed E-state index contributed by atoms with van der Waals surface area (Å²) in [5.74, 6) is -0.214. The molecule has 2 aromatic carbocycles. The summed E-state index contributed by atoms with van der Waals surface area (Å²) in [6, 6.07) is 14.6. The highest BCUT2D eigenvalue weighted by molar-refractivity contribution is 9.10. The van der Waals surface area contributed by atoms with Crippen LogP contribution in [0.5, 0.6) is 0 Å². The Kier molecular flexibility index (Phi) is 5.73. The van der Waals surface area contributed by atoms with E-state index in [1.807, 2.05) is 41.8 Å². The van der Waals surface area contributed by atoms with Gasteiger partial charge in [0.05, 0.1) is 0 Å². The van der Waals surface area contributed by atoms with Crippen LogP contribution in [0.15, 0.2) is 64.6 Å². The summed E-state index contributed by atoms with van der Waals surface area (Å²) in [5, 5.41) is 5.68. The van der Waals surface area contributed by atoms with E-state index in [1.165, 1.54) is 0 Å². The maximum atomic E-state index is 12.1. The molecule has 1 N–H and O–H groups in total. The Morgan fingerprint density at radius 1 is 1.00 bits per heavy atom. The molecule has 0 aliphatic heterocycles. The molecule has 0 saturated carbocycles. The molecule has 0 aliphatic carbocycles. The summed E-state index contributed by atoms with van der Waals surface area (Å²) in [6.07, 6.45) is 2.10. The van der Waals surface area contributed by atoms with E-state index in [1.54, 1.807) is 29.7 Å².